The van der Waals surface area contributed by atoms with Crippen molar-refractivity contribution in [3.05, 3.63) is 51.2 Å². The fourth-order valence-electron chi connectivity index (χ4n) is 5.54. The fourth-order valence-corrected chi connectivity index (χ4v) is 5.54. The maximum Gasteiger partial charge on any atom is 0.362 e. The van der Waals surface area contributed by atoms with Gasteiger partial charge in [-0.05, 0) is 37.6 Å². The first-order valence-electron chi connectivity index (χ1n) is 12.1. The van der Waals surface area contributed by atoms with Crippen LogP contribution in [0.3, 0.4) is 0 Å². The van der Waals surface area contributed by atoms with E-state index in [9.17, 15) is 34.4 Å². The summed E-state index contributed by atoms with van der Waals surface area (Å²) in [6, 6.07) is 4.19. The van der Waals surface area contributed by atoms with Crippen LogP contribution in [0.4, 0.5) is 5.69 Å². The van der Waals surface area contributed by atoms with Gasteiger partial charge in [0, 0.05) is 45.2 Å². The molecule has 3 aliphatic rings. The Morgan fingerprint density at radius 2 is 1.86 bits per heavy atom. The Morgan fingerprint density at radius 3 is 2.43 bits per heavy atom. The predicted molar refractivity (Wildman–Crippen MR) is 129 cm³/mol. The van der Waals surface area contributed by atoms with Crippen molar-refractivity contribution < 1.29 is 33.9 Å². The van der Waals surface area contributed by atoms with E-state index < -0.39 is 40.8 Å². The lowest BCUT2D eigenvalue weighted by molar-refractivity contribution is -0.384. The van der Waals surface area contributed by atoms with Gasteiger partial charge in [-0.3, -0.25) is 24.6 Å². The highest BCUT2D eigenvalue weighted by Gasteiger charge is 2.60. The van der Waals surface area contributed by atoms with Crippen LogP contribution in [0.25, 0.3) is 0 Å². The van der Waals surface area contributed by atoms with Gasteiger partial charge in [-0.25, -0.2) is 9.59 Å². The number of carbonyl (C=O) groups is 4. The van der Waals surface area contributed by atoms with Crippen molar-refractivity contribution in [2.45, 2.75) is 32.4 Å². The largest absolute Gasteiger partial charge is 0.393 e. The number of β-lactam (4-membered cyclic amide) rings is 1. The van der Waals surface area contributed by atoms with Gasteiger partial charge in [0.15, 0.2) is 0 Å². The molecule has 1 N–H and O–H groups in total. The van der Waals surface area contributed by atoms with Crippen molar-refractivity contribution in [1.82, 2.24) is 14.7 Å². The first-order valence-corrected chi connectivity index (χ1v) is 12.1. The third-order valence-corrected chi connectivity index (χ3v) is 7.46. The monoisotopic (exact) mass is 514 g/mol. The van der Waals surface area contributed by atoms with Crippen LogP contribution in [0.5, 0.6) is 0 Å². The van der Waals surface area contributed by atoms with Gasteiger partial charge in [-0.1, -0.05) is 6.92 Å². The fraction of sp³-hybridized carbons (Fsp3) is 0.520. The smallest absolute Gasteiger partial charge is 0.362 e. The average molecular weight is 515 g/mol. The van der Waals surface area contributed by atoms with Crippen LogP contribution in [0.2, 0.25) is 0 Å². The molecule has 0 spiro atoms. The van der Waals surface area contributed by atoms with E-state index in [4.69, 9.17) is 4.74 Å². The SMILES string of the molecule is C[C@@H](O)[C@H]1C(=O)N2C(C(=O)OC(=O)c3ccc([N+](=O)[O-])cc3)=C(CN3CC[C@H](C(=O)N(C)C)C3)[C@H](C)[C@H]12. The molecule has 0 saturated carbocycles. The van der Waals surface area contributed by atoms with Gasteiger partial charge in [0.05, 0.1) is 34.5 Å². The summed E-state index contributed by atoms with van der Waals surface area (Å²) in [6.07, 6.45) is -0.247. The molecule has 0 aliphatic carbocycles. The van der Waals surface area contributed by atoms with Gasteiger partial charge in [0.25, 0.3) is 5.69 Å². The first-order chi connectivity index (χ1) is 17.4. The van der Waals surface area contributed by atoms with Crippen LogP contribution >= 0.6 is 0 Å². The third kappa shape index (κ3) is 4.74. The minimum atomic E-state index is -0.999. The Balaban J connectivity index is 1.58. The predicted octanol–water partition coefficient (Wildman–Crippen LogP) is 0.800. The topological polar surface area (TPSA) is 151 Å². The molecule has 5 atom stereocenters. The Hall–Kier alpha value is -3.64. The lowest BCUT2D eigenvalue weighted by atomic mass is 9.77. The van der Waals surface area contributed by atoms with E-state index in [0.717, 1.165) is 12.1 Å². The van der Waals surface area contributed by atoms with Gasteiger partial charge < -0.3 is 19.6 Å². The van der Waals surface area contributed by atoms with Crippen LogP contribution in [-0.4, -0.2) is 94.4 Å². The number of esters is 2. The summed E-state index contributed by atoms with van der Waals surface area (Å²) in [5, 5.41) is 21.0. The highest BCUT2D eigenvalue weighted by molar-refractivity contribution is 6.06. The number of aliphatic hydroxyl groups is 1. The summed E-state index contributed by atoms with van der Waals surface area (Å²) >= 11 is 0. The number of ether oxygens (including phenoxy) is 1. The summed E-state index contributed by atoms with van der Waals surface area (Å²) in [6.45, 7) is 4.82. The van der Waals surface area contributed by atoms with Crippen LogP contribution in [0.15, 0.2) is 35.5 Å². The van der Waals surface area contributed by atoms with E-state index in [-0.39, 0.29) is 34.7 Å². The molecule has 1 aromatic carbocycles. The standard InChI is InChI=1S/C25H30N4O8/c1-13-18(12-27-10-9-16(11-27)22(31)26(3)4)21(28-20(13)19(14(2)30)23(28)32)25(34)37-24(33)15-5-7-17(8-6-15)29(35)36/h5-8,13-14,16,19-20,30H,9-12H2,1-4H3/t13-,14+,16-,19+,20+/m0/s1. The summed E-state index contributed by atoms with van der Waals surface area (Å²) in [5.41, 5.74) is 0.329. The minimum absolute atomic E-state index is 0.0166. The first kappa shape index (κ1) is 26.4. The molecule has 1 aromatic rings. The summed E-state index contributed by atoms with van der Waals surface area (Å²) in [5.74, 6) is -3.52. The number of hydrogen-bond donors (Lipinski definition) is 1. The maximum atomic E-state index is 13.3. The van der Waals surface area contributed by atoms with Gasteiger partial charge >= 0.3 is 11.9 Å². The Labute approximate surface area is 213 Å². The van der Waals surface area contributed by atoms with Crippen LogP contribution in [0, 0.1) is 27.9 Å². The van der Waals surface area contributed by atoms with Crippen molar-refractivity contribution in [3.63, 3.8) is 0 Å². The van der Waals surface area contributed by atoms with Gasteiger partial charge in [-0.15, -0.1) is 0 Å². The van der Waals surface area contributed by atoms with E-state index >= 15 is 0 Å². The number of nitrogens with zero attached hydrogens (tertiary/aromatic N) is 4. The van der Waals surface area contributed by atoms with E-state index in [2.05, 4.69) is 0 Å². The van der Waals surface area contributed by atoms with Crippen LogP contribution in [-0.2, 0) is 19.1 Å². The molecule has 37 heavy (non-hydrogen) atoms. The molecule has 2 amide bonds. The van der Waals surface area contributed by atoms with Gasteiger partial charge in [0.1, 0.15) is 5.70 Å². The van der Waals surface area contributed by atoms with Crippen LogP contribution in [0.1, 0.15) is 30.6 Å². The zero-order valence-electron chi connectivity index (χ0n) is 21.1. The van der Waals surface area contributed by atoms with Crippen molar-refractivity contribution in [2.75, 3.05) is 33.7 Å². The molecule has 3 heterocycles. The van der Waals surface area contributed by atoms with Gasteiger partial charge in [-0.2, -0.15) is 0 Å². The Kier molecular flexibility index (Phi) is 7.16. The number of nitro benzene ring substituents is 1. The molecule has 2 saturated heterocycles. The molecule has 3 aliphatic heterocycles. The highest BCUT2D eigenvalue weighted by Crippen LogP contribution is 2.47. The third-order valence-electron chi connectivity index (χ3n) is 7.46. The number of benzene rings is 1. The summed E-state index contributed by atoms with van der Waals surface area (Å²) in [4.78, 5) is 66.4. The number of hydrogen-bond acceptors (Lipinski definition) is 9. The highest BCUT2D eigenvalue weighted by atomic mass is 16.6. The molecule has 12 nitrogen and oxygen atoms in total. The molecule has 0 unspecified atom stereocenters. The van der Waals surface area contributed by atoms with E-state index in [1.54, 1.807) is 19.0 Å². The zero-order chi connectivity index (χ0) is 27.2. The molecule has 0 aromatic heterocycles. The quantitative estimate of drug-likeness (QED) is 0.183. The van der Waals surface area contributed by atoms with E-state index in [1.165, 1.54) is 24.0 Å². The number of nitro groups is 1. The van der Waals surface area contributed by atoms with E-state index in [1.807, 2.05) is 11.8 Å². The lowest BCUT2D eigenvalue weighted by Crippen LogP contribution is -2.63. The number of amides is 2. The number of carbonyl (C=O) groups excluding carboxylic acids is 4. The normalized spacial score (nSPS) is 26.0. The number of fused-ring (bicyclic) bond motifs is 1. The number of likely N-dealkylation sites (tertiary alicyclic amines) is 1. The van der Waals surface area contributed by atoms with Crippen molar-refractivity contribution >= 4 is 29.4 Å². The second kappa shape index (κ2) is 10.0. The number of rotatable bonds is 7. The average Bonchev–Trinajstić information content (AvgIpc) is 3.40. The number of aliphatic hydroxyl groups excluding tert-OH is 1. The lowest BCUT2D eigenvalue weighted by Gasteiger charge is -2.46. The Morgan fingerprint density at radius 1 is 1.22 bits per heavy atom. The molecule has 0 bridgehead atoms. The minimum Gasteiger partial charge on any atom is -0.393 e. The molecule has 12 heteroatoms. The zero-order valence-corrected chi connectivity index (χ0v) is 21.1. The van der Waals surface area contributed by atoms with Crippen molar-refractivity contribution in [1.29, 1.82) is 0 Å². The second-order valence-corrected chi connectivity index (χ2v) is 10.1. The summed E-state index contributed by atoms with van der Waals surface area (Å²) in [7, 11) is 3.41. The molecule has 4 rings (SSSR count). The molecular formula is C25H30N4O8. The molecule has 198 valence electrons. The van der Waals surface area contributed by atoms with Gasteiger partial charge in [0.2, 0.25) is 11.8 Å². The second-order valence-electron chi connectivity index (χ2n) is 10.1. The van der Waals surface area contributed by atoms with Crippen LogP contribution < -0.4 is 0 Å². The van der Waals surface area contributed by atoms with Crippen molar-refractivity contribution in [2.24, 2.45) is 17.8 Å². The van der Waals surface area contributed by atoms with E-state index in [0.29, 0.717) is 31.6 Å². The Bertz CT molecular complexity index is 1180. The molecule has 0 radical (unpaired) electrons. The molecule has 2 fully saturated rings. The summed E-state index contributed by atoms with van der Waals surface area (Å²) < 4.78 is 5.11. The molecular weight excluding hydrogens is 484 g/mol. The number of non-ortho nitro benzene ring substituents is 1. The maximum absolute atomic E-state index is 13.3. The van der Waals surface area contributed by atoms with Crippen molar-refractivity contribution in [3.8, 4) is 0 Å².